The van der Waals surface area contributed by atoms with Crippen molar-refractivity contribution < 1.29 is 14.7 Å². The number of aliphatic carboxylic acids is 1. The SMILES string of the molecule is CC(C)CC(CNC(=O)NCCCN(C)C)CC(=O)O. The van der Waals surface area contributed by atoms with Crippen molar-refractivity contribution in [3.8, 4) is 0 Å². The highest BCUT2D eigenvalue weighted by atomic mass is 16.4. The van der Waals surface area contributed by atoms with Gasteiger partial charge < -0.3 is 20.6 Å². The Morgan fingerprint density at radius 1 is 1.20 bits per heavy atom. The minimum absolute atomic E-state index is 0.0139. The monoisotopic (exact) mass is 287 g/mol. The molecule has 1 atom stereocenters. The van der Waals surface area contributed by atoms with Crippen LogP contribution in [0.3, 0.4) is 0 Å². The molecule has 118 valence electrons. The molecule has 20 heavy (non-hydrogen) atoms. The number of carboxylic acid groups (broad SMARTS) is 1. The predicted octanol–water partition coefficient (Wildman–Crippen LogP) is 1.37. The quantitative estimate of drug-likeness (QED) is 0.530. The van der Waals surface area contributed by atoms with Crippen LogP contribution in [0, 0.1) is 11.8 Å². The van der Waals surface area contributed by atoms with E-state index in [2.05, 4.69) is 29.4 Å². The van der Waals surface area contributed by atoms with Crippen molar-refractivity contribution in [3.63, 3.8) is 0 Å². The fourth-order valence-corrected chi connectivity index (χ4v) is 2.05. The summed E-state index contributed by atoms with van der Waals surface area (Å²) in [5.74, 6) is -0.409. The van der Waals surface area contributed by atoms with E-state index >= 15 is 0 Å². The number of nitrogens with one attached hydrogen (secondary N) is 2. The van der Waals surface area contributed by atoms with Crippen molar-refractivity contribution in [2.75, 3.05) is 33.7 Å². The van der Waals surface area contributed by atoms with Crippen LogP contribution in [0.25, 0.3) is 0 Å². The second-order valence-corrected chi connectivity index (χ2v) is 5.89. The average Bonchev–Trinajstić information content (AvgIpc) is 2.30. The number of nitrogens with zero attached hydrogens (tertiary/aromatic N) is 1. The van der Waals surface area contributed by atoms with Crippen LogP contribution in [0.1, 0.15) is 33.1 Å². The largest absolute Gasteiger partial charge is 0.481 e. The standard InChI is InChI=1S/C14H29N3O3/c1-11(2)8-12(9-13(18)19)10-16-14(20)15-6-5-7-17(3)4/h11-12H,5-10H2,1-4H3,(H,18,19)(H2,15,16,20). The number of rotatable bonds is 10. The summed E-state index contributed by atoms with van der Waals surface area (Å²) in [6, 6.07) is -0.220. The zero-order valence-corrected chi connectivity index (χ0v) is 13.1. The zero-order valence-electron chi connectivity index (χ0n) is 13.1. The smallest absolute Gasteiger partial charge is 0.314 e. The molecule has 0 saturated carbocycles. The van der Waals surface area contributed by atoms with Crippen LogP contribution in [-0.2, 0) is 4.79 Å². The molecule has 0 rings (SSSR count). The summed E-state index contributed by atoms with van der Waals surface area (Å²) in [5, 5.41) is 14.4. The summed E-state index contributed by atoms with van der Waals surface area (Å²) < 4.78 is 0. The molecule has 0 aliphatic heterocycles. The van der Waals surface area contributed by atoms with Gasteiger partial charge in [0.25, 0.3) is 0 Å². The molecule has 6 nitrogen and oxygen atoms in total. The molecule has 3 N–H and O–H groups in total. The van der Waals surface area contributed by atoms with Gasteiger partial charge in [0.05, 0.1) is 0 Å². The molecule has 0 saturated heterocycles. The molecule has 0 aromatic carbocycles. The first-order valence-corrected chi connectivity index (χ1v) is 7.19. The predicted molar refractivity (Wildman–Crippen MR) is 79.8 cm³/mol. The lowest BCUT2D eigenvalue weighted by atomic mass is 9.94. The van der Waals surface area contributed by atoms with E-state index in [-0.39, 0.29) is 18.4 Å². The lowest BCUT2D eigenvalue weighted by Gasteiger charge is -2.18. The van der Waals surface area contributed by atoms with Crippen LogP contribution >= 0.6 is 0 Å². The van der Waals surface area contributed by atoms with Gasteiger partial charge in [-0.15, -0.1) is 0 Å². The van der Waals surface area contributed by atoms with Gasteiger partial charge in [-0.2, -0.15) is 0 Å². The second-order valence-electron chi connectivity index (χ2n) is 5.89. The lowest BCUT2D eigenvalue weighted by molar-refractivity contribution is -0.138. The average molecular weight is 287 g/mol. The first kappa shape index (κ1) is 18.7. The van der Waals surface area contributed by atoms with Crippen molar-refractivity contribution in [1.29, 1.82) is 0 Å². The number of hydrogen-bond donors (Lipinski definition) is 3. The topological polar surface area (TPSA) is 81.7 Å². The van der Waals surface area contributed by atoms with Gasteiger partial charge in [-0.05, 0) is 45.3 Å². The highest BCUT2D eigenvalue weighted by Gasteiger charge is 2.15. The van der Waals surface area contributed by atoms with Gasteiger partial charge in [0.15, 0.2) is 0 Å². The van der Waals surface area contributed by atoms with Gasteiger partial charge in [-0.1, -0.05) is 13.8 Å². The van der Waals surface area contributed by atoms with Crippen LogP contribution in [0.15, 0.2) is 0 Å². The molecule has 0 aromatic rings. The molecule has 0 aromatic heterocycles. The second kappa shape index (κ2) is 10.5. The van der Waals surface area contributed by atoms with Crippen LogP contribution in [-0.4, -0.2) is 55.7 Å². The van der Waals surface area contributed by atoms with E-state index in [9.17, 15) is 9.59 Å². The van der Waals surface area contributed by atoms with Crippen LogP contribution in [0.5, 0.6) is 0 Å². The zero-order chi connectivity index (χ0) is 15.5. The van der Waals surface area contributed by atoms with Crippen molar-refractivity contribution >= 4 is 12.0 Å². The minimum Gasteiger partial charge on any atom is -0.481 e. The maximum atomic E-state index is 11.6. The van der Waals surface area contributed by atoms with Gasteiger partial charge in [0.1, 0.15) is 0 Å². The number of hydrogen-bond acceptors (Lipinski definition) is 3. The minimum atomic E-state index is -0.816. The number of carbonyl (C=O) groups excluding carboxylic acids is 1. The maximum absolute atomic E-state index is 11.6. The van der Waals surface area contributed by atoms with Gasteiger partial charge in [0.2, 0.25) is 0 Å². The Kier molecular flexibility index (Phi) is 9.80. The maximum Gasteiger partial charge on any atom is 0.314 e. The molecule has 0 heterocycles. The number of carbonyl (C=O) groups is 2. The van der Waals surface area contributed by atoms with Gasteiger partial charge >= 0.3 is 12.0 Å². The van der Waals surface area contributed by atoms with Gasteiger partial charge in [-0.3, -0.25) is 4.79 Å². The summed E-state index contributed by atoms with van der Waals surface area (Å²) in [5.41, 5.74) is 0. The van der Waals surface area contributed by atoms with E-state index in [0.717, 1.165) is 19.4 Å². The van der Waals surface area contributed by atoms with Gasteiger partial charge in [0, 0.05) is 19.5 Å². The molecule has 0 aliphatic carbocycles. The summed E-state index contributed by atoms with van der Waals surface area (Å²) in [6.07, 6.45) is 1.79. The number of carboxylic acids is 1. The first-order chi connectivity index (χ1) is 9.31. The van der Waals surface area contributed by atoms with E-state index in [4.69, 9.17) is 5.11 Å². The molecule has 0 aliphatic rings. The molecular formula is C14H29N3O3. The molecule has 0 fully saturated rings. The lowest BCUT2D eigenvalue weighted by Crippen LogP contribution is -2.39. The third kappa shape index (κ3) is 11.8. The van der Waals surface area contributed by atoms with Crippen LogP contribution in [0.4, 0.5) is 4.79 Å². The Balaban J connectivity index is 3.89. The van der Waals surface area contributed by atoms with E-state index < -0.39 is 5.97 Å². The number of urea groups is 1. The van der Waals surface area contributed by atoms with Crippen molar-refractivity contribution in [3.05, 3.63) is 0 Å². The Morgan fingerprint density at radius 2 is 1.85 bits per heavy atom. The molecule has 1 unspecified atom stereocenters. The van der Waals surface area contributed by atoms with Crippen LogP contribution in [0.2, 0.25) is 0 Å². The Morgan fingerprint density at radius 3 is 2.35 bits per heavy atom. The van der Waals surface area contributed by atoms with Crippen molar-refractivity contribution in [1.82, 2.24) is 15.5 Å². The molecule has 0 bridgehead atoms. The summed E-state index contributed by atoms with van der Waals surface area (Å²) in [4.78, 5) is 24.4. The molecule has 2 amide bonds. The summed E-state index contributed by atoms with van der Waals surface area (Å²) >= 11 is 0. The highest BCUT2D eigenvalue weighted by molar-refractivity contribution is 5.74. The Bertz CT molecular complexity index is 293. The fourth-order valence-electron chi connectivity index (χ4n) is 2.05. The van der Waals surface area contributed by atoms with E-state index in [0.29, 0.717) is 19.0 Å². The van der Waals surface area contributed by atoms with Crippen molar-refractivity contribution in [2.24, 2.45) is 11.8 Å². The van der Waals surface area contributed by atoms with Crippen molar-refractivity contribution in [2.45, 2.75) is 33.1 Å². The Labute approximate surface area is 121 Å². The third-order valence-corrected chi connectivity index (χ3v) is 2.89. The van der Waals surface area contributed by atoms with E-state index in [1.165, 1.54) is 0 Å². The fraction of sp³-hybridized carbons (Fsp3) is 0.857. The molecule has 0 radical (unpaired) electrons. The van der Waals surface area contributed by atoms with Crippen LogP contribution < -0.4 is 10.6 Å². The summed E-state index contributed by atoms with van der Waals surface area (Å²) in [6.45, 7) is 6.06. The Hall–Kier alpha value is -1.30. The molecule has 6 heteroatoms. The highest BCUT2D eigenvalue weighted by Crippen LogP contribution is 2.14. The summed E-state index contributed by atoms with van der Waals surface area (Å²) in [7, 11) is 3.98. The number of amides is 2. The molecule has 0 spiro atoms. The van der Waals surface area contributed by atoms with E-state index in [1.54, 1.807) is 0 Å². The molecular weight excluding hydrogens is 258 g/mol. The van der Waals surface area contributed by atoms with Gasteiger partial charge in [-0.25, -0.2) is 4.79 Å². The first-order valence-electron chi connectivity index (χ1n) is 7.19. The van der Waals surface area contributed by atoms with E-state index in [1.807, 2.05) is 14.1 Å². The third-order valence-electron chi connectivity index (χ3n) is 2.89. The normalized spacial score (nSPS) is 12.5.